The molecule has 3 aromatic rings. The fourth-order valence-corrected chi connectivity index (χ4v) is 2.94. The number of aryl methyl sites for hydroxylation is 2. The van der Waals surface area contributed by atoms with Crippen LogP contribution in [0.25, 0.3) is 6.08 Å². The number of hydrogen-bond acceptors (Lipinski definition) is 3. The van der Waals surface area contributed by atoms with Crippen LogP contribution >= 0.6 is 11.6 Å². The molecule has 1 aromatic carbocycles. The third-order valence-corrected chi connectivity index (χ3v) is 4.49. The molecular formula is C20H20ClN3O2. The van der Waals surface area contributed by atoms with E-state index in [0.717, 1.165) is 22.6 Å². The zero-order chi connectivity index (χ0) is 18.5. The van der Waals surface area contributed by atoms with Gasteiger partial charge in [0.15, 0.2) is 0 Å². The number of halogens is 1. The Kier molecular flexibility index (Phi) is 5.58. The number of furan rings is 1. The topological polar surface area (TPSA) is 51.3 Å². The highest BCUT2D eigenvalue weighted by Crippen LogP contribution is 2.20. The number of benzene rings is 1. The van der Waals surface area contributed by atoms with Crippen molar-refractivity contribution < 1.29 is 9.21 Å². The summed E-state index contributed by atoms with van der Waals surface area (Å²) in [5, 5.41) is 4.76. The number of aromatic nitrogens is 2. The molecule has 1 amide bonds. The van der Waals surface area contributed by atoms with Crippen LogP contribution in [-0.2, 0) is 24.9 Å². The van der Waals surface area contributed by atoms with Crippen molar-refractivity contribution in [2.45, 2.75) is 20.0 Å². The van der Waals surface area contributed by atoms with Gasteiger partial charge in [0.2, 0.25) is 5.91 Å². The van der Waals surface area contributed by atoms with Crippen LogP contribution in [0.15, 0.2) is 59.2 Å². The molecule has 5 nitrogen and oxygen atoms in total. The molecule has 0 radical (unpaired) electrons. The van der Waals surface area contributed by atoms with Gasteiger partial charge in [0.05, 0.1) is 18.5 Å². The van der Waals surface area contributed by atoms with Crippen LogP contribution in [0.5, 0.6) is 0 Å². The van der Waals surface area contributed by atoms with Crippen LogP contribution in [0.4, 0.5) is 0 Å². The van der Waals surface area contributed by atoms with Crippen molar-refractivity contribution in [3.8, 4) is 0 Å². The van der Waals surface area contributed by atoms with Crippen LogP contribution in [-0.4, -0.2) is 20.6 Å². The van der Waals surface area contributed by atoms with E-state index in [4.69, 9.17) is 16.0 Å². The molecule has 26 heavy (non-hydrogen) atoms. The fraction of sp³-hybridized carbons (Fsp3) is 0.200. The smallest absolute Gasteiger partial charge is 0.247 e. The minimum atomic E-state index is -0.121. The maximum atomic E-state index is 12.8. The third-order valence-electron chi connectivity index (χ3n) is 4.04. The first-order chi connectivity index (χ1) is 12.5. The molecule has 0 aliphatic rings. The Morgan fingerprint density at radius 2 is 2.00 bits per heavy atom. The van der Waals surface area contributed by atoms with Gasteiger partial charge in [-0.2, -0.15) is 5.10 Å². The van der Waals surface area contributed by atoms with E-state index in [1.165, 1.54) is 6.08 Å². The van der Waals surface area contributed by atoms with Crippen molar-refractivity contribution in [2.75, 3.05) is 0 Å². The van der Waals surface area contributed by atoms with Crippen LogP contribution in [0.1, 0.15) is 22.6 Å². The summed E-state index contributed by atoms with van der Waals surface area (Å²) >= 11 is 6.23. The van der Waals surface area contributed by atoms with Gasteiger partial charge in [-0.1, -0.05) is 41.9 Å². The van der Waals surface area contributed by atoms with Crippen LogP contribution in [0, 0.1) is 6.92 Å². The van der Waals surface area contributed by atoms with Gasteiger partial charge in [0.25, 0.3) is 0 Å². The maximum Gasteiger partial charge on any atom is 0.247 e. The molecule has 2 aromatic heterocycles. The Morgan fingerprint density at radius 1 is 1.23 bits per heavy atom. The van der Waals surface area contributed by atoms with Gasteiger partial charge in [-0.15, -0.1) is 0 Å². The second kappa shape index (κ2) is 8.06. The molecule has 3 rings (SSSR count). The molecular weight excluding hydrogens is 350 g/mol. The van der Waals surface area contributed by atoms with Gasteiger partial charge in [-0.3, -0.25) is 9.48 Å². The van der Waals surface area contributed by atoms with E-state index >= 15 is 0 Å². The first-order valence-electron chi connectivity index (χ1n) is 8.27. The standard InChI is InChI=1S/C20H20ClN3O2/c1-15-18(20(21)23(2)22-15)10-11-19(25)24(14-17-9-6-12-26-17)13-16-7-4-3-5-8-16/h3-12H,13-14H2,1-2H3/b11-10+. The van der Waals surface area contributed by atoms with Crippen molar-refractivity contribution in [3.05, 3.63) is 82.5 Å². The molecule has 0 saturated carbocycles. The lowest BCUT2D eigenvalue weighted by atomic mass is 10.2. The van der Waals surface area contributed by atoms with Gasteiger partial charge >= 0.3 is 0 Å². The minimum Gasteiger partial charge on any atom is -0.467 e. The molecule has 0 saturated heterocycles. The summed E-state index contributed by atoms with van der Waals surface area (Å²) in [6.07, 6.45) is 4.85. The van der Waals surface area contributed by atoms with Crippen molar-refractivity contribution in [3.63, 3.8) is 0 Å². The minimum absolute atomic E-state index is 0.121. The number of hydrogen-bond donors (Lipinski definition) is 0. The molecule has 0 spiro atoms. The maximum absolute atomic E-state index is 12.8. The summed E-state index contributed by atoms with van der Waals surface area (Å²) in [6.45, 7) is 2.75. The second-order valence-corrected chi connectivity index (χ2v) is 6.36. The summed E-state index contributed by atoms with van der Waals surface area (Å²) in [4.78, 5) is 14.5. The second-order valence-electron chi connectivity index (χ2n) is 6.01. The Hall–Kier alpha value is -2.79. The lowest BCUT2D eigenvalue weighted by Crippen LogP contribution is -2.28. The Morgan fingerprint density at radius 3 is 2.62 bits per heavy atom. The first kappa shape index (κ1) is 18.0. The summed E-state index contributed by atoms with van der Waals surface area (Å²) in [7, 11) is 1.77. The fourth-order valence-electron chi connectivity index (χ4n) is 2.70. The van der Waals surface area contributed by atoms with Crippen LogP contribution in [0.3, 0.4) is 0 Å². The molecule has 0 unspecified atom stereocenters. The number of nitrogens with zero attached hydrogens (tertiary/aromatic N) is 3. The molecule has 134 valence electrons. The molecule has 0 fully saturated rings. The quantitative estimate of drug-likeness (QED) is 0.611. The monoisotopic (exact) mass is 369 g/mol. The zero-order valence-electron chi connectivity index (χ0n) is 14.7. The van der Waals surface area contributed by atoms with Crippen molar-refractivity contribution >= 4 is 23.6 Å². The van der Waals surface area contributed by atoms with Gasteiger partial charge in [0.1, 0.15) is 10.9 Å². The molecule has 6 heteroatoms. The van der Waals surface area contributed by atoms with Gasteiger partial charge in [-0.05, 0) is 30.7 Å². The number of amides is 1. The highest BCUT2D eigenvalue weighted by Gasteiger charge is 2.15. The molecule has 0 aliphatic carbocycles. The normalized spacial score (nSPS) is 11.2. The largest absolute Gasteiger partial charge is 0.467 e. The van der Waals surface area contributed by atoms with Gasteiger partial charge < -0.3 is 9.32 Å². The van der Waals surface area contributed by atoms with E-state index in [0.29, 0.717) is 18.2 Å². The lowest BCUT2D eigenvalue weighted by molar-refractivity contribution is -0.127. The number of rotatable bonds is 6. The zero-order valence-corrected chi connectivity index (χ0v) is 15.5. The van der Waals surface area contributed by atoms with E-state index < -0.39 is 0 Å². The van der Waals surface area contributed by atoms with Crippen LogP contribution < -0.4 is 0 Å². The summed E-state index contributed by atoms with van der Waals surface area (Å²) in [5.41, 5.74) is 2.58. The van der Waals surface area contributed by atoms with Crippen molar-refractivity contribution in [2.24, 2.45) is 7.05 Å². The van der Waals surface area contributed by atoms with Crippen molar-refractivity contribution in [1.29, 1.82) is 0 Å². The predicted molar refractivity (Wildman–Crippen MR) is 101 cm³/mol. The van der Waals surface area contributed by atoms with Gasteiger partial charge in [0, 0.05) is 25.2 Å². The highest BCUT2D eigenvalue weighted by molar-refractivity contribution is 6.31. The van der Waals surface area contributed by atoms with Crippen molar-refractivity contribution in [1.82, 2.24) is 14.7 Å². The Balaban J connectivity index is 1.80. The highest BCUT2D eigenvalue weighted by atomic mass is 35.5. The molecule has 2 heterocycles. The molecule has 0 aliphatic heterocycles. The summed E-state index contributed by atoms with van der Waals surface area (Å²) in [6, 6.07) is 13.5. The number of carbonyl (C=O) groups excluding carboxylic acids is 1. The summed E-state index contributed by atoms with van der Waals surface area (Å²) < 4.78 is 6.99. The Labute approximate surface area is 157 Å². The molecule has 0 N–H and O–H groups in total. The van der Waals surface area contributed by atoms with Gasteiger partial charge in [-0.25, -0.2) is 0 Å². The Bertz CT molecular complexity index is 899. The predicted octanol–water partition coefficient (Wildman–Crippen LogP) is 4.22. The molecule has 0 atom stereocenters. The third kappa shape index (κ3) is 4.24. The number of carbonyl (C=O) groups is 1. The lowest BCUT2D eigenvalue weighted by Gasteiger charge is -2.20. The van der Waals surface area contributed by atoms with E-state index in [2.05, 4.69) is 5.10 Å². The molecule has 0 bridgehead atoms. The van der Waals surface area contributed by atoms with Crippen LogP contribution in [0.2, 0.25) is 5.15 Å². The van der Waals surface area contributed by atoms with E-state index in [1.54, 1.807) is 29.0 Å². The average Bonchev–Trinajstić information content (AvgIpc) is 3.22. The SMILES string of the molecule is Cc1nn(C)c(Cl)c1/C=C/C(=O)N(Cc1ccccc1)Cc1ccco1. The first-order valence-corrected chi connectivity index (χ1v) is 8.65. The van der Waals surface area contributed by atoms with E-state index in [9.17, 15) is 4.79 Å². The summed E-state index contributed by atoms with van der Waals surface area (Å²) in [5.74, 6) is 0.614. The van der Waals surface area contributed by atoms with E-state index in [-0.39, 0.29) is 5.91 Å². The average molecular weight is 370 g/mol. The van der Waals surface area contributed by atoms with E-state index in [1.807, 2.05) is 49.4 Å².